The number of hydrogen-bond donors (Lipinski definition) is 0. The quantitative estimate of drug-likeness (QED) is 0.487. The van der Waals surface area contributed by atoms with Crippen LogP contribution in [0, 0.1) is 16.7 Å². The first-order chi connectivity index (χ1) is 12.5. The average molecular weight is 397 g/mol. The van der Waals surface area contributed by atoms with Gasteiger partial charge >= 0.3 is 0 Å². The van der Waals surface area contributed by atoms with Crippen LogP contribution >= 0.6 is 0 Å². The molecule has 27 heavy (non-hydrogen) atoms. The average Bonchev–Trinajstić information content (AvgIpc) is 3.35. The van der Waals surface area contributed by atoms with E-state index in [9.17, 15) is 8.42 Å². The molecule has 154 valence electrons. The molecule has 1 aromatic carbocycles. The van der Waals surface area contributed by atoms with Crippen molar-refractivity contribution in [1.29, 1.82) is 0 Å². The summed E-state index contributed by atoms with van der Waals surface area (Å²) in [6, 6.07) is 6.88. The highest BCUT2D eigenvalue weighted by Gasteiger charge is 2.28. The smallest absolute Gasteiger partial charge is 0.179 e. The molecule has 1 aliphatic rings. The van der Waals surface area contributed by atoms with E-state index < -0.39 is 15.3 Å². The lowest BCUT2D eigenvalue weighted by Gasteiger charge is -2.25. The Morgan fingerprint density at radius 3 is 2.44 bits per heavy atom. The number of ether oxygens (including phenoxy) is 2. The Kier molecular flexibility index (Phi) is 7.37. The predicted octanol–water partition coefficient (Wildman–Crippen LogP) is 5.12. The number of benzene rings is 1. The fourth-order valence-corrected chi connectivity index (χ4v) is 4.81. The van der Waals surface area contributed by atoms with Crippen LogP contribution < -0.4 is 4.74 Å². The SMILES string of the molecule is CC(C)(C)CCCOCC(C)(C)CS(=O)(=O)c1cccc(OCC2CC2)c1. The molecular formula is C22H36O4S. The highest BCUT2D eigenvalue weighted by Crippen LogP contribution is 2.30. The zero-order valence-corrected chi connectivity index (χ0v) is 18.4. The van der Waals surface area contributed by atoms with Crippen LogP contribution in [0.15, 0.2) is 29.2 Å². The Bertz CT molecular complexity index is 697. The highest BCUT2D eigenvalue weighted by atomic mass is 32.2. The molecule has 0 unspecified atom stereocenters. The normalized spacial score (nSPS) is 15.7. The van der Waals surface area contributed by atoms with Crippen molar-refractivity contribution in [3.05, 3.63) is 24.3 Å². The monoisotopic (exact) mass is 396 g/mol. The highest BCUT2D eigenvalue weighted by molar-refractivity contribution is 7.91. The van der Waals surface area contributed by atoms with Crippen LogP contribution in [0.2, 0.25) is 0 Å². The standard InChI is InChI=1S/C22H36O4S/c1-21(2,3)12-7-13-25-16-22(4,5)17-27(23,24)20-9-6-8-19(14-20)26-15-18-10-11-18/h6,8-9,14,18H,7,10-13,15-17H2,1-5H3. The second-order valence-corrected chi connectivity index (χ2v) is 11.9. The Balaban J connectivity index is 1.86. The summed E-state index contributed by atoms with van der Waals surface area (Å²) in [7, 11) is -3.39. The van der Waals surface area contributed by atoms with Crippen molar-refractivity contribution in [2.45, 2.75) is 65.2 Å². The van der Waals surface area contributed by atoms with Gasteiger partial charge in [0, 0.05) is 12.0 Å². The van der Waals surface area contributed by atoms with E-state index in [1.165, 1.54) is 12.8 Å². The molecule has 4 nitrogen and oxygen atoms in total. The molecule has 0 spiro atoms. The van der Waals surface area contributed by atoms with Crippen LogP contribution in [0.25, 0.3) is 0 Å². The van der Waals surface area contributed by atoms with Gasteiger partial charge in [0.05, 0.1) is 23.9 Å². The lowest BCUT2D eigenvalue weighted by Crippen LogP contribution is -2.29. The predicted molar refractivity (Wildman–Crippen MR) is 110 cm³/mol. The number of hydrogen-bond acceptors (Lipinski definition) is 4. The molecule has 1 aromatic rings. The van der Waals surface area contributed by atoms with E-state index >= 15 is 0 Å². The second-order valence-electron chi connectivity index (χ2n) is 9.87. The summed E-state index contributed by atoms with van der Waals surface area (Å²) in [4.78, 5) is 0.330. The topological polar surface area (TPSA) is 52.6 Å². The minimum Gasteiger partial charge on any atom is -0.493 e. The molecule has 0 saturated heterocycles. The summed E-state index contributed by atoms with van der Waals surface area (Å²) < 4.78 is 37.2. The van der Waals surface area contributed by atoms with Gasteiger partial charge in [0.2, 0.25) is 0 Å². The lowest BCUT2D eigenvalue weighted by atomic mass is 9.91. The van der Waals surface area contributed by atoms with Crippen molar-refractivity contribution >= 4 is 9.84 Å². The third-order valence-corrected chi connectivity index (χ3v) is 6.77. The molecule has 5 heteroatoms. The third-order valence-electron chi connectivity index (χ3n) is 4.64. The van der Waals surface area contributed by atoms with Gasteiger partial charge in [-0.1, -0.05) is 40.7 Å². The van der Waals surface area contributed by atoms with Crippen LogP contribution in [-0.4, -0.2) is 34.0 Å². The van der Waals surface area contributed by atoms with Crippen molar-refractivity contribution in [2.75, 3.05) is 25.6 Å². The molecular weight excluding hydrogens is 360 g/mol. The summed E-state index contributed by atoms with van der Waals surface area (Å²) in [5, 5.41) is 0. The van der Waals surface area contributed by atoms with Crippen LogP contribution in [0.1, 0.15) is 60.3 Å². The summed E-state index contributed by atoms with van der Waals surface area (Å²) in [5.74, 6) is 1.34. The van der Waals surface area contributed by atoms with Gasteiger partial charge in [-0.05, 0) is 55.2 Å². The lowest BCUT2D eigenvalue weighted by molar-refractivity contribution is 0.0660. The molecule has 0 atom stereocenters. The molecule has 0 heterocycles. The molecule has 2 rings (SSSR count). The fraction of sp³-hybridized carbons (Fsp3) is 0.727. The van der Waals surface area contributed by atoms with Gasteiger partial charge in [-0.15, -0.1) is 0 Å². The maximum Gasteiger partial charge on any atom is 0.179 e. The zero-order chi connectivity index (χ0) is 20.1. The minimum atomic E-state index is -3.39. The largest absolute Gasteiger partial charge is 0.493 e. The van der Waals surface area contributed by atoms with E-state index in [2.05, 4.69) is 20.8 Å². The van der Waals surface area contributed by atoms with Gasteiger partial charge in [-0.3, -0.25) is 0 Å². The molecule has 0 aliphatic heterocycles. The first-order valence-electron chi connectivity index (χ1n) is 10.0. The van der Waals surface area contributed by atoms with E-state index in [0.29, 0.717) is 41.8 Å². The van der Waals surface area contributed by atoms with Crippen molar-refractivity contribution in [1.82, 2.24) is 0 Å². The van der Waals surface area contributed by atoms with E-state index in [1.54, 1.807) is 18.2 Å². The van der Waals surface area contributed by atoms with Crippen molar-refractivity contribution in [2.24, 2.45) is 16.7 Å². The van der Waals surface area contributed by atoms with E-state index in [0.717, 1.165) is 12.8 Å². The molecule has 1 saturated carbocycles. The van der Waals surface area contributed by atoms with Crippen molar-refractivity contribution in [3.63, 3.8) is 0 Å². The number of rotatable bonds is 11. The molecule has 0 N–H and O–H groups in total. The summed E-state index contributed by atoms with van der Waals surface area (Å²) in [6.07, 6.45) is 4.51. The minimum absolute atomic E-state index is 0.0609. The molecule has 0 aromatic heterocycles. The molecule has 1 aliphatic carbocycles. The van der Waals surface area contributed by atoms with Gasteiger partial charge in [-0.2, -0.15) is 0 Å². The second kappa shape index (κ2) is 8.95. The van der Waals surface area contributed by atoms with E-state index in [4.69, 9.17) is 9.47 Å². The Morgan fingerprint density at radius 1 is 1.11 bits per heavy atom. The molecule has 1 fully saturated rings. The zero-order valence-electron chi connectivity index (χ0n) is 17.6. The van der Waals surface area contributed by atoms with Gasteiger partial charge in [0.25, 0.3) is 0 Å². The van der Waals surface area contributed by atoms with Gasteiger partial charge in [-0.25, -0.2) is 8.42 Å². The maximum absolute atomic E-state index is 12.9. The van der Waals surface area contributed by atoms with Crippen molar-refractivity contribution < 1.29 is 17.9 Å². The van der Waals surface area contributed by atoms with Crippen LogP contribution in [0.4, 0.5) is 0 Å². The fourth-order valence-electron chi connectivity index (χ4n) is 2.95. The Labute approximate surface area is 165 Å². The Morgan fingerprint density at radius 2 is 1.81 bits per heavy atom. The first-order valence-corrected chi connectivity index (χ1v) is 11.7. The van der Waals surface area contributed by atoms with Gasteiger partial charge in [0.15, 0.2) is 9.84 Å². The van der Waals surface area contributed by atoms with Gasteiger partial charge < -0.3 is 9.47 Å². The van der Waals surface area contributed by atoms with Crippen LogP contribution in [0.3, 0.4) is 0 Å². The molecule has 0 bridgehead atoms. The van der Waals surface area contributed by atoms with E-state index in [-0.39, 0.29) is 5.75 Å². The summed E-state index contributed by atoms with van der Waals surface area (Å²) in [5.41, 5.74) is -0.139. The summed E-state index contributed by atoms with van der Waals surface area (Å²) in [6.45, 7) is 12.3. The molecule has 0 radical (unpaired) electrons. The van der Waals surface area contributed by atoms with E-state index in [1.807, 2.05) is 19.9 Å². The molecule has 0 amide bonds. The first kappa shape index (κ1) is 22.2. The van der Waals surface area contributed by atoms with Gasteiger partial charge in [0.1, 0.15) is 5.75 Å². The van der Waals surface area contributed by atoms with Crippen molar-refractivity contribution in [3.8, 4) is 5.75 Å². The number of sulfone groups is 1. The maximum atomic E-state index is 12.9. The van der Waals surface area contributed by atoms with Crippen LogP contribution in [-0.2, 0) is 14.6 Å². The summed E-state index contributed by atoms with van der Waals surface area (Å²) >= 11 is 0. The van der Waals surface area contributed by atoms with Crippen LogP contribution in [0.5, 0.6) is 5.75 Å². The Hall–Kier alpha value is -1.07. The third kappa shape index (κ3) is 8.65.